The molecule has 0 spiro atoms. The molecule has 1 aromatic rings. The van der Waals surface area contributed by atoms with Gasteiger partial charge in [0.05, 0.1) is 12.2 Å². The molecular weight excluding hydrogens is 266 g/mol. The third-order valence-corrected chi connectivity index (χ3v) is 2.50. The van der Waals surface area contributed by atoms with Crippen LogP contribution in [0.3, 0.4) is 0 Å². The van der Waals surface area contributed by atoms with Crippen LogP contribution in [0, 0.1) is 0 Å². The molecule has 0 bridgehead atoms. The maximum absolute atomic E-state index is 12.8. The van der Waals surface area contributed by atoms with E-state index in [2.05, 4.69) is 0 Å². The van der Waals surface area contributed by atoms with Crippen molar-refractivity contribution in [1.82, 2.24) is 0 Å². The fourth-order valence-corrected chi connectivity index (χ4v) is 1.67. The predicted molar refractivity (Wildman–Crippen MR) is 62.0 cm³/mol. The molecule has 0 aliphatic rings. The van der Waals surface area contributed by atoms with Crippen LogP contribution in [0.1, 0.15) is 24.0 Å². The van der Waals surface area contributed by atoms with Crippen molar-refractivity contribution in [3.8, 4) is 0 Å². The van der Waals surface area contributed by atoms with E-state index in [1.165, 1.54) is 12.1 Å². The molecule has 2 N–H and O–H groups in total. The Balaban J connectivity index is 2.99. The fraction of sp³-hybridized carbons (Fsp3) is 0.417. The summed E-state index contributed by atoms with van der Waals surface area (Å²) in [5.74, 6) is 0. The average Bonchev–Trinajstić information content (AvgIpc) is 2.29. The van der Waals surface area contributed by atoms with E-state index in [4.69, 9.17) is 5.11 Å². The highest BCUT2D eigenvalue weighted by Crippen LogP contribution is 2.34. The van der Waals surface area contributed by atoms with Crippen LogP contribution in [0.25, 0.3) is 0 Å². The van der Waals surface area contributed by atoms with Crippen LogP contribution in [0.5, 0.6) is 0 Å². The highest BCUT2D eigenvalue weighted by atomic mass is 19.4. The number of alkyl halides is 4. The number of rotatable bonds is 5. The molecule has 3 nitrogen and oxygen atoms in total. The molecule has 7 heteroatoms. The standard InChI is InChI=1S/C12H13F4NO2/c13-6-2-1-3-8-4-5-9(17-11(18)19)7-10(8)12(14,15)16/h4-5,7,17H,1-3,6H2,(H,18,19). The Labute approximate surface area is 107 Å². The number of benzene rings is 1. The molecule has 0 fully saturated rings. The van der Waals surface area contributed by atoms with Gasteiger partial charge >= 0.3 is 12.3 Å². The Bertz CT molecular complexity index is 446. The molecule has 1 rings (SSSR count). The number of amides is 1. The van der Waals surface area contributed by atoms with Crippen LogP contribution in [-0.4, -0.2) is 17.9 Å². The van der Waals surface area contributed by atoms with Gasteiger partial charge < -0.3 is 5.11 Å². The van der Waals surface area contributed by atoms with E-state index in [0.717, 1.165) is 6.07 Å². The van der Waals surface area contributed by atoms with E-state index in [0.29, 0.717) is 6.42 Å². The van der Waals surface area contributed by atoms with Crippen LogP contribution in [0.15, 0.2) is 18.2 Å². The molecule has 0 saturated heterocycles. The quantitative estimate of drug-likeness (QED) is 0.630. The van der Waals surface area contributed by atoms with Crippen LogP contribution in [-0.2, 0) is 12.6 Å². The molecule has 0 heterocycles. The first-order valence-corrected chi connectivity index (χ1v) is 5.60. The zero-order chi connectivity index (χ0) is 14.5. The van der Waals surface area contributed by atoms with E-state index in [1.54, 1.807) is 0 Å². The highest BCUT2D eigenvalue weighted by Gasteiger charge is 2.33. The van der Waals surface area contributed by atoms with Crippen molar-refractivity contribution in [2.45, 2.75) is 25.4 Å². The molecule has 106 valence electrons. The second kappa shape index (κ2) is 6.40. The van der Waals surface area contributed by atoms with E-state index in [1.807, 2.05) is 5.32 Å². The van der Waals surface area contributed by atoms with Crippen LogP contribution < -0.4 is 5.32 Å². The summed E-state index contributed by atoms with van der Waals surface area (Å²) in [6.07, 6.45) is -5.39. The predicted octanol–water partition coefficient (Wildman–Crippen LogP) is 4.09. The number of hydrogen-bond donors (Lipinski definition) is 2. The fourth-order valence-electron chi connectivity index (χ4n) is 1.67. The number of anilines is 1. The van der Waals surface area contributed by atoms with Gasteiger partial charge in [-0.3, -0.25) is 9.71 Å². The lowest BCUT2D eigenvalue weighted by molar-refractivity contribution is -0.138. The van der Waals surface area contributed by atoms with Crippen molar-refractivity contribution in [2.75, 3.05) is 12.0 Å². The van der Waals surface area contributed by atoms with Crippen molar-refractivity contribution in [2.24, 2.45) is 0 Å². The van der Waals surface area contributed by atoms with E-state index >= 15 is 0 Å². The Kier molecular flexibility index (Phi) is 5.14. The Morgan fingerprint density at radius 1 is 1.26 bits per heavy atom. The van der Waals surface area contributed by atoms with Gasteiger partial charge in [-0.2, -0.15) is 13.2 Å². The minimum Gasteiger partial charge on any atom is -0.465 e. The van der Waals surface area contributed by atoms with Gasteiger partial charge in [0.1, 0.15) is 0 Å². The van der Waals surface area contributed by atoms with Crippen LogP contribution in [0.4, 0.5) is 28.0 Å². The largest absolute Gasteiger partial charge is 0.465 e. The van der Waals surface area contributed by atoms with Crippen molar-refractivity contribution in [3.63, 3.8) is 0 Å². The molecule has 0 aliphatic carbocycles. The lowest BCUT2D eigenvalue weighted by atomic mass is 10.0. The van der Waals surface area contributed by atoms with Crippen molar-refractivity contribution in [1.29, 1.82) is 0 Å². The molecule has 0 aliphatic heterocycles. The van der Waals surface area contributed by atoms with Crippen molar-refractivity contribution < 1.29 is 27.5 Å². The zero-order valence-electron chi connectivity index (χ0n) is 9.93. The van der Waals surface area contributed by atoms with Gasteiger partial charge in [0.25, 0.3) is 0 Å². The summed E-state index contributed by atoms with van der Waals surface area (Å²) in [6.45, 7) is -0.569. The van der Waals surface area contributed by atoms with E-state index in [9.17, 15) is 22.4 Å². The highest BCUT2D eigenvalue weighted by molar-refractivity contribution is 5.83. The van der Waals surface area contributed by atoms with Gasteiger partial charge in [0.15, 0.2) is 0 Å². The normalized spacial score (nSPS) is 11.4. The zero-order valence-corrected chi connectivity index (χ0v) is 9.93. The Hall–Kier alpha value is -1.79. The third-order valence-electron chi connectivity index (χ3n) is 2.50. The van der Waals surface area contributed by atoms with Gasteiger partial charge in [-0.1, -0.05) is 6.07 Å². The lowest BCUT2D eigenvalue weighted by Crippen LogP contribution is -2.12. The number of hydrogen-bond acceptors (Lipinski definition) is 1. The van der Waals surface area contributed by atoms with Gasteiger partial charge in [-0.25, -0.2) is 4.79 Å². The van der Waals surface area contributed by atoms with Crippen molar-refractivity contribution >= 4 is 11.8 Å². The minimum absolute atomic E-state index is 0.0388. The van der Waals surface area contributed by atoms with E-state index < -0.39 is 24.5 Å². The summed E-state index contributed by atoms with van der Waals surface area (Å²) in [5, 5.41) is 10.3. The first-order chi connectivity index (χ1) is 8.84. The minimum atomic E-state index is -4.57. The Morgan fingerprint density at radius 3 is 2.47 bits per heavy atom. The summed E-state index contributed by atoms with van der Waals surface area (Å²) in [6, 6.07) is 3.22. The van der Waals surface area contributed by atoms with Gasteiger partial charge in [0.2, 0.25) is 0 Å². The third kappa shape index (κ3) is 4.76. The summed E-state index contributed by atoms with van der Waals surface area (Å²) >= 11 is 0. The van der Waals surface area contributed by atoms with Crippen molar-refractivity contribution in [3.05, 3.63) is 29.3 Å². The molecule has 19 heavy (non-hydrogen) atoms. The smallest absolute Gasteiger partial charge is 0.416 e. The molecule has 0 radical (unpaired) electrons. The molecule has 0 unspecified atom stereocenters. The summed E-state index contributed by atoms with van der Waals surface area (Å²) in [5.41, 5.74) is -0.997. The molecule has 0 atom stereocenters. The SMILES string of the molecule is O=C(O)Nc1ccc(CCCCF)c(C(F)(F)F)c1. The second-order valence-corrected chi connectivity index (χ2v) is 3.95. The average molecular weight is 279 g/mol. The number of halogens is 4. The summed E-state index contributed by atoms with van der Waals surface area (Å²) in [4.78, 5) is 10.4. The first-order valence-electron chi connectivity index (χ1n) is 5.60. The molecule has 1 amide bonds. The van der Waals surface area contributed by atoms with Crippen LogP contribution in [0.2, 0.25) is 0 Å². The molecule has 0 saturated carbocycles. The number of unbranched alkanes of at least 4 members (excludes halogenated alkanes) is 1. The van der Waals surface area contributed by atoms with Gasteiger partial charge in [-0.15, -0.1) is 0 Å². The maximum atomic E-state index is 12.8. The van der Waals surface area contributed by atoms with E-state index in [-0.39, 0.29) is 24.1 Å². The molecule has 0 aromatic heterocycles. The van der Waals surface area contributed by atoms with Gasteiger partial charge in [-0.05, 0) is 37.0 Å². The topological polar surface area (TPSA) is 49.3 Å². The first kappa shape index (κ1) is 15.3. The summed E-state index contributed by atoms with van der Waals surface area (Å²) < 4.78 is 50.4. The van der Waals surface area contributed by atoms with Crippen LogP contribution >= 0.6 is 0 Å². The summed E-state index contributed by atoms with van der Waals surface area (Å²) in [7, 11) is 0. The Morgan fingerprint density at radius 2 is 1.95 bits per heavy atom. The number of carbonyl (C=O) groups is 1. The van der Waals surface area contributed by atoms with Gasteiger partial charge in [0, 0.05) is 5.69 Å². The number of aryl methyl sites for hydroxylation is 1. The monoisotopic (exact) mass is 279 g/mol. The molecule has 1 aromatic carbocycles. The molecular formula is C12H13F4NO2. The second-order valence-electron chi connectivity index (χ2n) is 3.95. The maximum Gasteiger partial charge on any atom is 0.416 e. The lowest BCUT2D eigenvalue weighted by Gasteiger charge is -2.14. The number of nitrogens with one attached hydrogen (secondary N) is 1. The number of carboxylic acid groups (broad SMARTS) is 1.